The molecule has 0 bridgehead atoms. The minimum Gasteiger partial charge on any atom is -0.458 e. The van der Waals surface area contributed by atoms with E-state index in [9.17, 15) is 52.7 Å². The Hall–Kier alpha value is -8.92. The molecule has 1 aliphatic carbocycles. The lowest BCUT2D eigenvalue weighted by molar-refractivity contribution is -0.163. The van der Waals surface area contributed by atoms with E-state index in [1.807, 2.05) is 0 Å². The molecule has 0 unspecified atom stereocenters. The lowest BCUT2D eigenvalue weighted by atomic mass is 9.98. The van der Waals surface area contributed by atoms with E-state index in [4.69, 9.17) is 30.3 Å². The molecule has 29 heteroatoms. The van der Waals surface area contributed by atoms with Crippen LogP contribution in [0.4, 0.5) is 11.4 Å². The number of carbonyl (C=O) groups excluding carboxylic acids is 12. The van der Waals surface area contributed by atoms with Crippen LogP contribution in [0.15, 0.2) is 15.3 Å². The zero-order valence-electron chi connectivity index (χ0n) is 54.6. The first-order chi connectivity index (χ1) is 42.5. The Morgan fingerprint density at radius 2 is 1.02 bits per heavy atom. The number of hydrogen-bond donors (Lipinski definition) is 6. The van der Waals surface area contributed by atoms with Gasteiger partial charge in [0, 0.05) is 58.1 Å². The van der Waals surface area contributed by atoms with Gasteiger partial charge in [0.1, 0.15) is 71.8 Å². The van der Waals surface area contributed by atoms with E-state index in [0.29, 0.717) is 12.8 Å². The maximum Gasteiger partial charge on any atom is 0.329 e. The number of rotatable bonds is 8. The highest BCUT2D eigenvalue weighted by Gasteiger charge is 2.47. The van der Waals surface area contributed by atoms with Gasteiger partial charge in [-0.05, 0) is 83.1 Å². The molecule has 4 fully saturated rings. The number of cyclic esters (lactones) is 2. The van der Waals surface area contributed by atoms with Crippen LogP contribution < -0.4 is 38.2 Å². The van der Waals surface area contributed by atoms with Gasteiger partial charge in [-0.15, -0.1) is 0 Å². The molecule has 0 aromatic heterocycles. The third-order valence-corrected chi connectivity index (χ3v) is 17.7. The number of nitrogens with one attached hydrogen (secondary N) is 4. The summed E-state index contributed by atoms with van der Waals surface area (Å²) in [5.74, 6) is -12.7. The van der Waals surface area contributed by atoms with Gasteiger partial charge in [-0.1, -0.05) is 55.4 Å². The topological polar surface area (TPSA) is 386 Å². The van der Waals surface area contributed by atoms with Gasteiger partial charge in [0.05, 0.1) is 29.9 Å². The summed E-state index contributed by atoms with van der Waals surface area (Å²) in [5.41, 5.74) is 9.45. The lowest BCUT2D eigenvalue weighted by Gasteiger charge is -2.36. The van der Waals surface area contributed by atoms with Gasteiger partial charge >= 0.3 is 11.9 Å². The average Bonchev–Trinajstić information content (AvgIpc) is 1.33. The van der Waals surface area contributed by atoms with Crippen molar-refractivity contribution in [3.05, 3.63) is 38.5 Å². The van der Waals surface area contributed by atoms with Gasteiger partial charge in [0.25, 0.3) is 11.8 Å². The van der Waals surface area contributed by atoms with Crippen molar-refractivity contribution in [2.45, 2.75) is 169 Å². The monoisotopic (exact) mass is 1270 g/mol. The fraction of sp³-hybridized carbons (Fsp3) is 0.613. The number of nitrogens with two attached hydrogens (primary N) is 2. The van der Waals surface area contributed by atoms with Crippen molar-refractivity contribution in [1.29, 1.82) is 0 Å². The SMILES string of the molecule is Cc1c2oc3c(C)c(N)cc(C(=O)N[C@@H]4C(=O)N[C@H](C(C)C)C(=O)N5CCC[C@@H]5C(=O)N(C)CC(=O)N(C)[C@H](C(C)C)C(=O)O[C@H]4C)c3nc-2c(C(=O)N[C@@H]2C(=O)N[C@H](C(C)C)C(=O)N3CCC[C@@H]3C(=O)N(C)CC(=O)N(C)[C@H](C(C)C)C(=O)O[C@H]2C)c(N)c1=O. The third kappa shape index (κ3) is 13.9. The average molecular weight is 1270 g/mol. The lowest BCUT2D eigenvalue weighted by Crippen LogP contribution is -2.61. The van der Waals surface area contributed by atoms with Gasteiger partial charge in [0.2, 0.25) is 52.7 Å². The summed E-state index contributed by atoms with van der Waals surface area (Å²) in [6.07, 6.45) is -1.74. The standard InChI is InChI=1S/C62H87N13O16/c1-26(2)42-59(85)74-21-17-19-36(74)57(83)70(13)24-38(76)72(15)48(28(5)6)61(87)89-32(11)44(55(81)66-42)68-53(79)34-23-35(63)30(9)51-46(34)65-47-40(41(64)50(78)31(10)52(47)91-51)54(80)69-45-33(12)90-62(88)49(29(7)8)73(16)39(77)25-71(14)58(84)37-20-18-22-75(37)60(86)43(27(3)4)67-56(45)82/h23,26-29,32-33,36-37,42-45,48-49H,17-22,24-25,63-64H2,1-16H3,(H,66,81)(H,67,82)(H,68,79)(H,69,80)/t32-,33-,36+,37+,42+,43+,44-,45-,48+,49+/m0/s1. The summed E-state index contributed by atoms with van der Waals surface area (Å²) < 4.78 is 18.3. The van der Waals surface area contributed by atoms with Crippen LogP contribution in [0, 0.1) is 37.5 Å². The van der Waals surface area contributed by atoms with E-state index in [2.05, 4.69) is 21.3 Å². The highest BCUT2D eigenvalue weighted by molar-refractivity contribution is 6.11. The number of anilines is 2. The van der Waals surface area contributed by atoms with Crippen LogP contribution in [0.5, 0.6) is 0 Å². The smallest absolute Gasteiger partial charge is 0.329 e. The first-order valence-corrected chi connectivity index (χ1v) is 30.7. The Bertz CT molecular complexity index is 3470. The zero-order chi connectivity index (χ0) is 67.8. The molecule has 91 heavy (non-hydrogen) atoms. The van der Waals surface area contributed by atoms with Crippen LogP contribution in [-0.4, -0.2) is 220 Å². The number of aromatic nitrogens is 1. The molecule has 5 heterocycles. The third-order valence-electron chi connectivity index (χ3n) is 17.7. The first-order valence-electron chi connectivity index (χ1n) is 30.7. The van der Waals surface area contributed by atoms with Crippen LogP contribution in [0.25, 0.3) is 22.6 Å². The molecular formula is C62H87N13O16. The summed E-state index contributed by atoms with van der Waals surface area (Å²) in [6.45, 7) is 18.1. The Morgan fingerprint density at radius 1 is 0.604 bits per heavy atom. The molecule has 8 N–H and O–H groups in total. The van der Waals surface area contributed by atoms with Crippen molar-refractivity contribution in [1.82, 2.24) is 55.7 Å². The van der Waals surface area contributed by atoms with Crippen molar-refractivity contribution in [2.75, 3.05) is 65.8 Å². The van der Waals surface area contributed by atoms with E-state index in [-0.39, 0.29) is 59.6 Å². The number of nitrogen functional groups attached to an aromatic ring is 2. The summed E-state index contributed by atoms with van der Waals surface area (Å²) in [7, 11) is 5.56. The van der Waals surface area contributed by atoms with E-state index in [1.54, 1.807) is 55.4 Å². The van der Waals surface area contributed by atoms with Gasteiger partial charge in [-0.3, -0.25) is 52.7 Å². The zero-order valence-corrected chi connectivity index (χ0v) is 54.6. The minimum atomic E-state index is -1.90. The molecular weight excluding hydrogens is 1180 g/mol. The normalized spacial score (nSPS) is 26.1. The Balaban J connectivity index is 1.34. The Morgan fingerprint density at radius 3 is 1.43 bits per heavy atom. The van der Waals surface area contributed by atoms with Crippen molar-refractivity contribution >= 4 is 93.5 Å². The highest BCUT2D eigenvalue weighted by atomic mass is 16.6. The number of carbonyl (C=O) groups is 12. The Labute approximate surface area is 527 Å². The number of benzene rings is 2. The van der Waals surface area contributed by atoms with Crippen LogP contribution >= 0.6 is 0 Å². The molecule has 1 aromatic carbocycles. The predicted octanol–water partition coefficient (Wildman–Crippen LogP) is 0.308. The molecule has 0 saturated carbocycles. The summed E-state index contributed by atoms with van der Waals surface area (Å²) >= 11 is 0. The molecule has 10 amide bonds. The molecule has 10 atom stereocenters. The van der Waals surface area contributed by atoms with Gasteiger partial charge < -0.3 is 76.0 Å². The van der Waals surface area contributed by atoms with Crippen LogP contribution in [0.1, 0.15) is 127 Å². The van der Waals surface area contributed by atoms with E-state index in [1.165, 1.54) is 81.6 Å². The van der Waals surface area contributed by atoms with Crippen LogP contribution in [0.3, 0.4) is 0 Å². The number of aryl methyl sites for hydroxylation is 1. The molecule has 29 nitrogen and oxygen atoms in total. The maximum atomic E-state index is 15.2. The number of fused-ring (bicyclic) bond motifs is 4. The predicted molar refractivity (Wildman–Crippen MR) is 330 cm³/mol. The molecule has 7 rings (SSSR count). The van der Waals surface area contributed by atoms with Crippen molar-refractivity contribution in [2.24, 2.45) is 23.7 Å². The second-order valence-corrected chi connectivity index (χ2v) is 25.8. The molecule has 496 valence electrons. The van der Waals surface area contributed by atoms with Gasteiger partial charge in [-0.25, -0.2) is 14.6 Å². The number of hydrogen-bond acceptors (Lipinski definition) is 19. The number of esters is 2. The number of nitrogens with zero attached hydrogens (tertiary/aromatic N) is 7. The largest absolute Gasteiger partial charge is 0.458 e. The highest BCUT2D eigenvalue weighted by Crippen LogP contribution is 2.37. The fourth-order valence-corrected chi connectivity index (χ4v) is 12.4. The van der Waals surface area contributed by atoms with Crippen molar-refractivity contribution in [3.8, 4) is 11.5 Å². The first kappa shape index (κ1) is 69.6. The summed E-state index contributed by atoms with van der Waals surface area (Å²) in [5, 5.41) is 10.6. The number of ether oxygens (including phenoxy) is 2. The van der Waals surface area contributed by atoms with Gasteiger partial charge in [-0.2, -0.15) is 0 Å². The molecule has 4 saturated heterocycles. The quantitative estimate of drug-likeness (QED) is 0.100. The molecule has 1 aromatic rings. The summed E-state index contributed by atoms with van der Waals surface area (Å²) in [6, 6.07) is -9.67. The number of amides is 10. The van der Waals surface area contributed by atoms with E-state index < -0.39 is 196 Å². The molecule has 0 radical (unpaired) electrons. The molecule has 5 aliphatic heterocycles. The van der Waals surface area contributed by atoms with Gasteiger partial charge in [0.15, 0.2) is 11.3 Å². The maximum absolute atomic E-state index is 15.2. The van der Waals surface area contributed by atoms with E-state index in [0.717, 1.165) is 9.80 Å². The van der Waals surface area contributed by atoms with E-state index >= 15 is 9.59 Å². The summed E-state index contributed by atoms with van der Waals surface area (Å²) in [4.78, 5) is 200. The molecule has 0 spiro atoms. The Kier molecular flexibility index (Phi) is 21.1. The fourth-order valence-electron chi connectivity index (χ4n) is 12.4. The van der Waals surface area contributed by atoms with Crippen molar-refractivity contribution in [3.63, 3.8) is 0 Å². The number of likely N-dealkylation sites (N-methyl/N-ethyl adjacent to an activating group) is 4. The van der Waals surface area contributed by atoms with Crippen LogP contribution in [-0.2, 0) is 57.4 Å². The minimum absolute atomic E-state index is 0.0571. The second kappa shape index (κ2) is 27.7. The van der Waals surface area contributed by atoms with Crippen molar-refractivity contribution < 1.29 is 71.4 Å². The second-order valence-electron chi connectivity index (χ2n) is 25.8. The van der Waals surface area contributed by atoms with Crippen LogP contribution in [0.2, 0.25) is 0 Å². The molecule has 6 aliphatic rings.